The number of halogens is 3. The molecule has 2 fully saturated rings. The van der Waals surface area contributed by atoms with Crippen LogP contribution in [-0.4, -0.2) is 81.9 Å². The Morgan fingerprint density at radius 2 is 1.96 bits per heavy atom. The fourth-order valence-corrected chi connectivity index (χ4v) is 7.08. The predicted octanol–water partition coefficient (Wildman–Crippen LogP) is 4.56. The number of fused-ring (bicyclic) bond motifs is 5. The van der Waals surface area contributed by atoms with Gasteiger partial charge in [-0.3, -0.25) is 4.79 Å². The van der Waals surface area contributed by atoms with E-state index in [0.717, 1.165) is 25.6 Å². The largest absolute Gasteiger partial charge is 0.477 e. The van der Waals surface area contributed by atoms with Crippen molar-refractivity contribution in [3.05, 3.63) is 58.1 Å². The minimum absolute atomic E-state index is 0.0837. The number of rotatable bonds is 6. The Labute approximate surface area is 254 Å². The third kappa shape index (κ3) is 4.54. The van der Waals surface area contributed by atoms with E-state index in [1.807, 2.05) is 6.92 Å². The molecule has 4 N–H and O–H groups in total. The fourth-order valence-electron chi connectivity index (χ4n) is 7.08. The van der Waals surface area contributed by atoms with E-state index in [-0.39, 0.29) is 17.1 Å². The predicted molar refractivity (Wildman–Crippen MR) is 167 cm³/mol. The van der Waals surface area contributed by atoms with E-state index in [2.05, 4.69) is 42.5 Å². The van der Waals surface area contributed by atoms with Gasteiger partial charge in [-0.25, -0.2) is 19.4 Å². The number of H-pyrrole nitrogens is 1. The highest BCUT2D eigenvalue weighted by molar-refractivity contribution is 6.18. The number of hydrogen-bond donors (Lipinski definition) is 4. The van der Waals surface area contributed by atoms with Crippen LogP contribution in [0.15, 0.2) is 41.6 Å². The zero-order valence-electron chi connectivity index (χ0n) is 24.8. The van der Waals surface area contributed by atoms with Crippen LogP contribution in [0.1, 0.15) is 29.3 Å². The van der Waals surface area contributed by atoms with Gasteiger partial charge in [-0.1, -0.05) is 0 Å². The van der Waals surface area contributed by atoms with Gasteiger partial charge in [0.25, 0.3) is 0 Å². The first-order chi connectivity index (χ1) is 21.5. The van der Waals surface area contributed by atoms with Crippen LogP contribution in [0.3, 0.4) is 0 Å². The van der Waals surface area contributed by atoms with E-state index >= 15 is 0 Å². The van der Waals surface area contributed by atoms with Crippen LogP contribution in [0.4, 0.5) is 24.5 Å². The SMILES string of the molecule is CCNc1cc(C(F)(F)F)cc2c1[nH]c1ncc(-c3cnc4c(c3)c(=O)c(C(=O)O)cn4NC)c(N3CCC4CN(C)CC43)c12. The second-order valence-corrected chi connectivity index (χ2v) is 11.7. The van der Waals surface area contributed by atoms with Crippen molar-refractivity contribution >= 4 is 50.3 Å². The minimum atomic E-state index is -4.57. The topological polar surface area (TPSA) is 131 Å². The van der Waals surface area contributed by atoms with E-state index in [1.165, 1.54) is 16.9 Å². The Hall–Kier alpha value is -4.85. The molecular formula is C31H31F3N8O3. The summed E-state index contributed by atoms with van der Waals surface area (Å²) in [5.74, 6) is -0.987. The number of carboxylic acids is 1. The monoisotopic (exact) mass is 620 g/mol. The summed E-state index contributed by atoms with van der Waals surface area (Å²) in [6, 6.07) is 3.99. The van der Waals surface area contributed by atoms with E-state index in [9.17, 15) is 27.9 Å². The highest BCUT2D eigenvalue weighted by Crippen LogP contribution is 2.47. The van der Waals surface area contributed by atoms with E-state index in [4.69, 9.17) is 0 Å². The number of alkyl halides is 3. The highest BCUT2D eigenvalue weighted by Gasteiger charge is 2.42. The van der Waals surface area contributed by atoms with Crippen molar-refractivity contribution in [2.45, 2.75) is 25.6 Å². The molecule has 2 aliphatic heterocycles. The molecule has 7 rings (SSSR count). The Morgan fingerprint density at radius 1 is 1.16 bits per heavy atom. The lowest BCUT2D eigenvalue weighted by Gasteiger charge is -2.29. The molecule has 14 heteroatoms. The summed E-state index contributed by atoms with van der Waals surface area (Å²) < 4.78 is 43.9. The van der Waals surface area contributed by atoms with Crippen LogP contribution in [0.5, 0.6) is 0 Å². The molecule has 2 saturated heterocycles. The molecule has 2 atom stereocenters. The lowest BCUT2D eigenvalue weighted by Crippen LogP contribution is -2.35. The van der Waals surface area contributed by atoms with Crippen molar-refractivity contribution < 1.29 is 23.1 Å². The molecule has 234 valence electrons. The van der Waals surface area contributed by atoms with Crippen molar-refractivity contribution in [2.24, 2.45) is 5.92 Å². The number of aromatic carboxylic acids is 1. The summed E-state index contributed by atoms with van der Waals surface area (Å²) in [7, 11) is 3.64. The number of likely N-dealkylation sites (N-methyl/N-ethyl adjacent to an activating group) is 1. The van der Waals surface area contributed by atoms with Gasteiger partial charge in [0, 0.05) is 74.4 Å². The molecule has 0 spiro atoms. The summed E-state index contributed by atoms with van der Waals surface area (Å²) in [5.41, 5.74) is 4.27. The Kier molecular flexibility index (Phi) is 6.65. The Balaban J connectivity index is 1.56. The van der Waals surface area contributed by atoms with Gasteiger partial charge in [-0.15, -0.1) is 0 Å². The maximum absolute atomic E-state index is 14.2. The van der Waals surface area contributed by atoms with Crippen LogP contribution in [-0.2, 0) is 6.18 Å². The smallest absolute Gasteiger partial charge is 0.416 e. The van der Waals surface area contributed by atoms with Crippen LogP contribution >= 0.6 is 0 Å². The van der Waals surface area contributed by atoms with E-state index in [1.54, 1.807) is 25.5 Å². The van der Waals surface area contributed by atoms with Crippen LogP contribution in [0.2, 0.25) is 0 Å². The first-order valence-corrected chi connectivity index (χ1v) is 14.7. The average molecular weight is 621 g/mol. The normalized spacial score (nSPS) is 18.8. The van der Waals surface area contributed by atoms with Gasteiger partial charge in [-0.05, 0) is 44.5 Å². The summed E-state index contributed by atoms with van der Waals surface area (Å²) in [6.07, 6.45) is 0.763. The second-order valence-electron chi connectivity index (χ2n) is 11.7. The van der Waals surface area contributed by atoms with Gasteiger partial charge in [0.1, 0.15) is 11.2 Å². The zero-order chi connectivity index (χ0) is 31.8. The number of aromatic amines is 1. The number of nitrogens with one attached hydrogen (secondary N) is 3. The maximum Gasteiger partial charge on any atom is 0.416 e. The van der Waals surface area contributed by atoms with Gasteiger partial charge in [0.05, 0.1) is 33.2 Å². The summed E-state index contributed by atoms with van der Waals surface area (Å²) in [4.78, 5) is 42.2. The molecular weight excluding hydrogens is 589 g/mol. The minimum Gasteiger partial charge on any atom is -0.477 e. The second kappa shape index (κ2) is 10.4. The van der Waals surface area contributed by atoms with Crippen molar-refractivity contribution in [3.63, 3.8) is 0 Å². The third-order valence-electron chi connectivity index (χ3n) is 9.04. The molecule has 2 aliphatic rings. The fraction of sp³-hybridized carbons (Fsp3) is 0.355. The highest BCUT2D eigenvalue weighted by atomic mass is 19.4. The van der Waals surface area contributed by atoms with Gasteiger partial charge in [0.2, 0.25) is 5.43 Å². The quantitative estimate of drug-likeness (QED) is 0.216. The molecule has 2 unspecified atom stereocenters. The average Bonchev–Trinajstić information content (AvgIpc) is 3.68. The van der Waals surface area contributed by atoms with Crippen molar-refractivity contribution in [3.8, 4) is 11.1 Å². The summed E-state index contributed by atoms with van der Waals surface area (Å²) >= 11 is 0. The molecule has 0 amide bonds. The molecule has 4 aromatic heterocycles. The van der Waals surface area contributed by atoms with Gasteiger partial charge >= 0.3 is 12.1 Å². The zero-order valence-corrected chi connectivity index (χ0v) is 24.8. The number of likely N-dealkylation sites (tertiary alicyclic amines) is 1. The first kappa shape index (κ1) is 28.9. The van der Waals surface area contributed by atoms with Gasteiger partial charge < -0.3 is 30.6 Å². The molecule has 45 heavy (non-hydrogen) atoms. The van der Waals surface area contributed by atoms with Crippen molar-refractivity contribution in [2.75, 3.05) is 55.9 Å². The van der Waals surface area contributed by atoms with Crippen molar-refractivity contribution in [1.82, 2.24) is 24.5 Å². The molecule has 5 aromatic rings. The maximum atomic E-state index is 14.2. The molecule has 0 aliphatic carbocycles. The van der Waals surface area contributed by atoms with Crippen LogP contribution in [0.25, 0.3) is 44.1 Å². The van der Waals surface area contributed by atoms with E-state index in [0.29, 0.717) is 63.4 Å². The lowest BCUT2D eigenvalue weighted by atomic mass is 9.99. The van der Waals surface area contributed by atoms with Crippen LogP contribution < -0.4 is 21.1 Å². The number of nitrogens with zero attached hydrogens (tertiary/aromatic N) is 5. The standard InChI is InChI=1S/C31H31F3N8O3/c1-4-36-22-9-17(31(32,33)34)8-18-24-26(41-6-5-15-12-40(3)14-23(15)41)20(11-37-28(24)39-25(18)22)16-7-19-27(43)21(30(44)45)13-42(35-2)29(19)38-10-16/h7-11,13,15,23,35-36H,4-6,12,14H2,1-3H3,(H,37,39)(H,44,45). The van der Waals surface area contributed by atoms with Gasteiger partial charge in [-0.2, -0.15) is 13.2 Å². The number of benzene rings is 1. The number of carboxylic acid groups (broad SMARTS) is 1. The number of anilines is 2. The number of carbonyl (C=O) groups is 1. The molecule has 0 radical (unpaired) electrons. The third-order valence-corrected chi connectivity index (χ3v) is 9.04. The number of hydrogen-bond acceptors (Lipinski definition) is 8. The number of pyridine rings is 3. The Bertz CT molecular complexity index is 2070. The lowest BCUT2D eigenvalue weighted by molar-refractivity contribution is -0.137. The molecule has 0 saturated carbocycles. The van der Waals surface area contributed by atoms with Gasteiger partial charge in [0.15, 0.2) is 5.65 Å². The van der Waals surface area contributed by atoms with Crippen LogP contribution in [0, 0.1) is 5.92 Å². The Morgan fingerprint density at radius 3 is 2.67 bits per heavy atom. The summed E-state index contributed by atoms with van der Waals surface area (Å²) in [6.45, 7) is 4.64. The first-order valence-electron chi connectivity index (χ1n) is 14.7. The molecule has 0 bridgehead atoms. The van der Waals surface area contributed by atoms with E-state index < -0.39 is 28.7 Å². The summed E-state index contributed by atoms with van der Waals surface area (Å²) in [5, 5.41) is 13.8. The molecule has 11 nitrogen and oxygen atoms in total. The van der Waals surface area contributed by atoms with Crippen molar-refractivity contribution in [1.29, 1.82) is 0 Å². The molecule has 1 aromatic carbocycles. The number of aromatic nitrogens is 4. The molecule has 6 heterocycles.